The van der Waals surface area contributed by atoms with Crippen LogP contribution >= 0.6 is 0 Å². The number of nitrogens with two attached hydrogens (primary N) is 1. The second kappa shape index (κ2) is 7.00. The Bertz CT molecular complexity index is 443. The summed E-state index contributed by atoms with van der Waals surface area (Å²) in [5.41, 5.74) is 5.53. The number of pyridine rings is 1. The van der Waals surface area contributed by atoms with Crippen molar-refractivity contribution in [3.8, 4) is 5.75 Å². The summed E-state index contributed by atoms with van der Waals surface area (Å²) in [5.74, 6) is 0.420. The highest BCUT2D eigenvalue weighted by Gasteiger charge is 1.93. The van der Waals surface area contributed by atoms with E-state index in [4.69, 9.17) is 10.5 Å². The smallest absolute Gasteiger partial charge is 0.248 e. The Morgan fingerprint density at radius 1 is 1.18 bits per heavy atom. The van der Waals surface area contributed by atoms with Crippen molar-refractivity contribution in [2.24, 2.45) is 5.73 Å². The van der Waals surface area contributed by atoms with Crippen molar-refractivity contribution in [3.05, 3.63) is 60.4 Å². The van der Waals surface area contributed by atoms with Gasteiger partial charge in [0.15, 0.2) is 0 Å². The summed E-state index contributed by atoms with van der Waals surface area (Å²) >= 11 is 0. The number of hydrogen-bond acceptors (Lipinski definition) is 3. The van der Waals surface area contributed by atoms with Gasteiger partial charge in [0.1, 0.15) is 5.75 Å². The van der Waals surface area contributed by atoms with Gasteiger partial charge in [-0.05, 0) is 24.3 Å². The van der Waals surface area contributed by atoms with E-state index >= 15 is 0 Å². The number of methoxy groups -OCH3 is 1. The normalized spacial score (nSPS) is 8.76. The Hall–Kier alpha value is -2.36. The van der Waals surface area contributed by atoms with Crippen molar-refractivity contribution < 1.29 is 9.53 Å². The largest absolute Gasteiger partial charge is 0.495 e. The van der Waals surface area contributed by atoms with Crippen molar-refractivity contribution in [3.63, 3.8) is 0 Å². The Morgan fingerprint density at radius 3 is 2.24 bits per heavy atom. The fourth-order valence-electron chi connectivity index (χ4n) is 1.07. The van der Waals surface area contributed by atoms with Gasteiger partial charge in [-0.2, -0.15) is 0 Å². The van der Waals surface area contributed by atoms with Crippen LogP contribution in [0.3, 0.4) is 0 Å². The minimum atomic E-state index is -0.379. The van der Waals surface area contributed by atoms with Crippen LogP contribution < -0.4 is 10.5 Å². The third-order valence-electron chi connectivity index (χ3n) is 1.93. The zero-order valence-corrected chi connectivity index (χ0v) is 9.54. The molecule has 0 fully saturated rings. The molecule has 0 aliphatic heterocycles. The van der Waals surface area contributed by atoms with Crippen LogP contribution in [0.1, 0.15) is 10.4 Å². The average Bonchev–Trinajstić information content (AvgIpc) is 2.41. The van der Waals surface area contributed by atoms with Crippen molar-refractivity contribution in [1.82, 2.24) is 4.98 Å². The first kappa shape index (κ1) is 12.7. The van der Waals surface area contributed by atoms with E-state index in [9.17, 15) is 4.79 Å². The zero-order chi connectivity index (χ0) is 12.5. The summed E-state index contributed by atoms with van der Waals surface area (Å²) in [6.45, 7) is 0. The first-order valence-corrected chi connectivity index (χ1v) is 5.03. The molecule has 0 saturated carbocycles. The molecular weight excluding hydrogens is 216 g/mol. The van der Waals surface area contributed by atoms with Gasteiger partial charge in [-0.25, -0.2) is 0 Å². The van der Waals surface area contributed by atoms with Gasteiger partial charge in [0.2, 0.25) is 5.91 Å². The number of amides is 1. The van der Waals surface area contributed by atoms with E-state index in [-0.39, 0.29) is 5.91 Å². The second-order valence-corrected chi connectivity index (χ2v) is 3.12. The number of carbonyl (C=O) groups excluding carboxylic acids is 1. The minimum absolute atomic E-state index is 0.379. The predicted molar refractivity (Wildman–Crippen MR) is 65.7 cm³/mol. The molecule has 17 heavy (non-hydrogen) atoms. The first-order valence-electron chi connectivity index (χ1n) is 5.03. The van der Waals surface area contributed by atoms with E-state index in [1.807, 2.05) is 18.2 Å². The second-order valence-electron chi connectivity index (χ2n) is 3.12. The Balaban J connectivity index is 0.000000171. The standard InChI is InChI=1S/C7H7NO.C6H7NO/c8-7(9)6-4-2-1-3-5-6;1-8-6-3-2-4-7-5-6/h1-5H,(H2,8,9);2-5H,1H3. The van der Waals surface area contributed by atoms with E-state index in [1.165, 1.54) is 0 Å². The summed E-state index contributed by atoms with van der Waals surface area (Å²) < 4.78 is 4.85. The van der Waals surface area contributed by atoms with Crippen LogP contribution in [0.4, 0.5) is 0 Å². The van der Waals surface area contributed by atoms with E-state index < -0.39 is 0 Å². The summed E-state index contributed by atoms with van der Waals surface area (Å²) in [6.07, 6.45) is 3.38. The number of carbonyl (C=O) groups is 1. The molecule has 0 aliphatic rings. The molecule has 1 heterocycles. The van der Waals surface area contributed by atoms with Crippen LogP contribution in [-0.4, -0.2) is 18.0 Å². The molecule has 88 valence electrons. The van der Waals surface area contributed by atoms with Gasteiger partial charge in [-0.15, -0.1) is 0 Å². The summed E-state index contributed by atoms with van der Waals surface area (Å²) in [5, 5.41) is 0. The number of primary amides is 1. The fraction of sp³-hybridized carbons (Fsp3) is 0.0769. The number of aromatic nitrogens is 1. The minimum Gasteiger partial charge on any atom is -0.495 e. The number of hydrogen-bond donors (Lipinski definition) is 1. The van der Waals surface area contributed by atoms with Crippen LogP contribution in [0.25, 0.3) is 0 Å². The summed E-state index contributed by atoms with van der Waals surface area (Å²) in [7, 11) is 1.62. The number of benzene rings is 1. The molecule has 0 spiro atoms. The van der Waals surface area contributed by atoms with Crippen LogP contribution in [0.15, 0.2) is 54.9 Å². The molecular formula is C13H14N2O2. The highest BCUT2D eigenvalue weighted by molar-refractivity contribution is 5.92. The molecule has 4 nitrogen and oxygen atoms in total. The van der Waals surface area contributed by atoms with Gasteiger partial charge >= 0.3 is 0 Å². The van der Waals surface area contributed by atoms with Gasteiger partial charge in [-0.1, -0.05) is 18.2 Å². The maximum Gasteiger partial charge on any atom is 0.248 e. The molecule has 1 aromatic heterocycles. The van der Waals surface area contributed by atoms with E-state index in [2.05, 4.69) is 4.98 Å². The molecule has 0 bridgehead atoms. The fourth-order valence-corrected chi connectivity index (χ4v) is 1.07. The number of nitrogens with zero attached hydrogens (tertiary/aromatic N) is 1. The Labute approximate surface area is 100 Å². The van der Waals surface area contributed by atoms with Crippen LogP contribution in [0.5, 0.6) is 5.75 Å². The van der Waals surface area contributed by atoms with Gasteiger partial charge < -0.3 is 10.5 Å². The van der Waals surface area contributed by atoms with Gasteiger partial charge in [0.25, 0.3) is 0 Å². The lowest BCUT2D eigenvalue weighted by Crippen LogP contribution is -2.09. The highest BCUT2D eigenvalue weighted by atomic mass is 16.5. The zero-order valence-electron chi connectivity index (χ0n) is 9.54. The van der Waals surface area contributed by atoms with Crippen LogP contribution in [-0.2, 0) is 0 Å². The summed E-state index contributed by atoms with van der Waals surface area (Å²) in [6, 6.07) is 12.4. The van der Waals surface area contributed by atoms with E-state index in [1.54, 1.807) is 43.8 Å². The quantitative estimate of drug-likeness (QED) is 0.856. The molecule has 2 N–H and O–H groups in total. The van der Waals surface area contributed by atoms with Crippen molar-refractivity contribution in [2.45, 2.75) is 0 Å². The van der Waals surface area contributed by atoms with Gasteiger partial charge in [-0.3, -0.25) is 9.78 Å². The lowest BCUT2D eigenvalue weighted by molar-refractivity contribution is 0.100. The van der Waals surface area contributed by atoms with Crippen molar-refractivity contribution in [2.75, 3.05) is 7.11 Å². The third kappa shape index (κ3) is 4.79. The summed E-state index contributed by atoms with van der Waals surface area (Å²) in [4.78, 5) is 14.3. The Kier molecular flexibility index (Phi) is 5.24. The topological polar surface area (TPSA) is 65.2 Å². The van der Waals surface area contributed by atoms with Crippen LogP contribution in [0.2, 0.25) is 0 Å². The molecule has 0 saturated heterocycles. The average molecular weight is 230 g/mol. The predicted octanol–water partition coefficient (Wildman–Crippen LogP) is 1.88. The molecule has 4 heteroatoms. The SMILES string of the molecule is COc1cccnc1.NC(=O)c1ccccc1. The molecule has 0 atom stereocenters. The van der Waals surface area contributed by atoms with Crippen molar-refractivity contribution in [1.29, 1.82) is 0 Å². The van der Waals surface area contributed by atoms with Crippen LogP contribution in [0, 0.1) is 0 Å². The van der Waals surface area contributed by atoms with Gasteiger partial charge in [0, 0.05) is 11.8 Å². The molecule has 0 aliphatic carbocycles. The Morgan fingerprint density at radius 2 is 1.88 bits per heavy atom. The monoisotopic (exact) mass is 230 g/mol. The molecule has 0 radical (unpaired) electrons. The first-order chi connectivity index (χ1) is 8.24. The molecule has 2 rings (SSSR count). The van der Waals surface area contributed by atoms with E-state index in [0.29, 0.717) is 5.56 Å². The maximum absolute atomic E-state index is 10.4. The number of ether oxygens (including phenoxy) is 1. The van der Waals surface area contributed by atoms with Crippen molar-refractivity contribution >= 4 is 5.91 Å². The lowest BCUT2D eigenvalue weighted by Gasteiger charge is -1.93. The van der Waals surface area contributed by atoms with Gasteiger partial charge in [0.05, 0.1) is 13.3 Å². The molecule has 1 amide bonds. The molecule has 1 aromatic carbocycles. The molecule has 2 aromatic rings. The maximum atomic E-state index is 10.4. The molecule has 0 unspecified atom stereocenters. The lowest BCUT2D eigenvalue weighted by atomic mass is 10.2. The number of rotatable bonds is 2. The van der Waals surface area contributed by atoms with E-state index in [0.717, 1.165) is 5.75 Å². The highest BCUT2D eigenvalue weighted by Crippen LogP contribution is 2.02. The third-order valence-corrected chi connectivity index (χ3v) is 1.93.